The van der Waals surface area contributed by atoms with E-state index in [0.717, 1.165) is 25.0 Å². The highest BCUT2D eigenvalue weighted by atomic mass is 32.2. The maximum atomic E-state index is 11.6. The minimum atomic E-state index is -0.216. The van der Waals surface area contributed by atoms with Crippen molar-refractivity contribution in [1.82, 2.24) is 5.32 Å². The van der Waals surface area contributed by atoms with Crippen molar-refractivity contribution < 1.29 is 9.59 Å². The summed E-state index contributed by atoms with van der Waals surface area (Å²) in [6.45, 7) is 2.22. The fraction of sp³-hybridized carbons (Fsp3) is 0.857. The molecule has 1 atom stereocenters. The molecule has 0 spiro atoms. The van der Waals surface area contributed by atoms with Crippen LogP contribution >= 0.6 is 11.8 Å². The Morgan fingerprint density at radius 1 is 1.22 bits per heavy atom. The lowest BCUT2D eigenvalue weighted by atomic mass is 10.1. The molecule has 0 bridgehead atoms. The van der Waals surface area contributed by atoms with E-state index in [2.05, 4.69) is 12.2 Å². The minimum Gasteiger partial charge on any atom is -0.345 e. The van der Waals surface area contributed by atoms with Gasteiger partial charge in [0.15, 0.2) is 0 Å². The highest BCUT2D eigenvalue weighted by Crippen LogP contribution is 2.19. The van der Waals surface area contributed by atoms with Crippen LogP contribution in [0.3, 0.4) is 0 Å². The van der Waals surface area contributed by atoms with E-state index < -0.39 is 0 Å². The maximum Gasteiger partial charge on any atom is 0.220 e. The van der Waals surface area contributed by atoms with Gasteiger partial charge in [-0.25, -0.2) is 0 Å². The zero-order valence-electron chi connectivity index (χ0n) is 11.4. The van der Waals surface area contributed by atoms with Gasteiger partial charge >= 0.3 is 0 Å². The average Bonchev–Trinajstić information content (AvgIpc) is 2.74. The number of thioether (sulfide) groups is 1. The Hall–Kier alpha value is -0.510. The molecule has 1 amide bonds. The summed E-state index contributed by atoms with van der Waals surface area (Å²) in [7, 11) is 0. The van der Waals surface area contributed by atoms with E-state index in [0.29, 0.717) is 6.42 Å². The number of hydrogen-bond donors (Lipinski definition) is 1. The van der Waals surface area contributed by atoms with Gasteiger partial charge < -0.3 is 5.32 Å². The van der Waals surface area contributed by atoms with E-state index >= 15 is 0 Å². The predicted molar refractivity (Wildman–Crippen MR) is 76.6 cm³/mol. The highest BCUT2D eigenvalue weighted by Gasteiger charge is 2.26. The second-order valence-corrected chi connectivity index (χ2v) is 6.05. The molecule has 0 radical (unpaired) electrons. The third-order valence-electron chi connectivity index (χ3n) is 3.28. The van der Waals surface area contributed by atoms with Crippen LogP contribution in [-0.4, -0.2) is 22.8 Å². The second kappa shape index (κ2) is 9.42. The zero-order valence-corrected chi connectivity index (χ0v) is 12.2. The molecule has 1 heterocycles. The third-order valence-corrected chi connectivity index (χ3v) is 4.29. The van der Waals surface area contributed by atoms with E-state index in [1.54, 1.807) is 0 Å². The molecule has 0 saturated carbocycles. The van der Waals surface area contributed by atoms with Gasteiger partial charge in [0.2, 0.25) is 11.0 Å². The van der Waals surface area contributed by atoms with Crippen LogP contribution in [-0.2, 0) is 9.59 Å². The van der Waals surface area contributed by atoms with Gasteiger partial charge in [0.1, 0.15) is 0 Å². The lowest BCUT2D eigenvalue weighted by molar-refractivity contribution is -0.124. The number of unbranched alkanes of at least 4 members (excludes halogenated alkanes) is 6. The quantitative estimate of drug-likeness (QED) is 0.655. The third kappa shape index (κ3) is 6.43. The zero-order chi connectivity index (χ0) is 13.2. The molecule has 1 aliphatic heterocycles. The first kappa shape index (κ1) is 15.5. The lowest BCUT2D eigenvalue weighted by Crippen LogP contribution is -2.36. The molecule has 1 saturated heterocycles. The van der Waals surface area contributed by atoms with Crippen LogP contribution in [0.5, 0.6) is 0 Å². The van der Waals surface area contributed by atoms with Gasteiger partial charge in [0.25, 0.3) is 0 Å². The molecule has 0 unspecified atom stereocenters. The fourth-order valence-corrected chi connectivity index (χ4v) is 3.07. The Morgan fingerprint density at radius 3 is 2.50 bits per heavy atom. The summed E-state index contributed by atoms with van der Waals surface area (Å²) < 4.78 is 0. The standard InChI is InChI=1S/C14H25NO2S/c1-2-3-4-5-6-7-8-9-13(16)15-12-10-11-18-14(12)17/h12H,2-11H2,1H3,(H,15,16)/t12-/m0/s1. The van der Waals surface area contributed by atoms with Crippen molar-refractivity contribution in [2.45, 2.75) is 70.8 Å². The maximum absolute atomic E-state index is 11.6. The van der Waals surface area contributed by atoms with Crippen LogP contribution in [0.1, 0.15) is 64.7 Å². The van der Waals surface area contributed by atoms with Crippen LogP contribution in [0.15, 0.2) is 0 Å². The van der Waals surface area contributed by atoms with Gasteiger partial charge in [0.05, 0.1) is 6.04 Å². The largest absolute Gasteiger partial charge is 0.345 e. The summed E-state index contributed by atoms with van der Waals surface area (Å²) in [5.41, 5.74) is 0. The van der Waals surface area contributed by atoms with Crippen LogP contribution in [0.25, 0.3) is 0 Å². The number of carbonyl (C=O) groups is 2. The number of hydrogen-bond acceptors (Lipinski definition) is 3. The summed E-state index contributed by atoms with van der Waals surface area (Å²) in [5, 5.41) is 2.96. The summed E-state index contributed by atoms with van der Waals surface area (Å²) in [5.74, 6) is 0.894. The molecule has 1 rings (SSSR count). The van der Waals surface area contributed by atoms with E-state index in [4.69, 9.17) is 0 Å². The van der Waals surface area contributed by atoms with Crippen molar-refractivity contribution in [2.75, 3.05) is 5.75 Å². The van der Waals surface area contributed by atoms with Crippen molar-refractivity contribution in [2.24, 2.45) is 0 Å². The summed E-state index contributed by atoms with van der Waals surface area (Å²) in [6, 6.07) is -0.216. The first-order valence-corrected chi connectivity index (χ1v) is 8.18. The topological polar surface area (TPSA) is 46.2 Å². The Kier molecular flexibility index (Phi) is 8.14. The minimum absolute atomic E-state index is 0.0457. The predicted octanol–water partition coefficient (Wildman–Crippen LogP) is 3.28. The highest BCUT2D eigenvalue weighted by molar-refractivity contribution is 8.14. The van der Waals surface area contributed by atoms with E-state index in [1.165, 1.54) is 43.9 Å². The van der Waals surface area contributed by atoms with Gasteiger partial charge in [0, 0.05) is 12.2 Å². The number of amides is 1. The molecular weight excluding hydrogens is 246 g/mol. The van der Waals surface area contributed by atoms with Gasteiger partial charge in [-0.05, 0) is 12.8 Å². The lowest BCUT2D eigenvalue weighted by Gasteiger charge is -2.09. The summed E-state index contributed by atoms with van der Waals surface area (Å²) in [6.07, 6.45) is 9.87. The van der Waals surface area contributed by atoms with Gasteiger partial charge in [-0.2, -0.15) is 0 Å². The fourth-order valence-electron chi connectivity index (χ4n) is 2.14. The van der Waals surface area contributed by atoms with Gasteiger partial charge in [-0.15, -0.1) is 0 Å². The Labute approximate surface area is 114 Å². The molecule has 3 nitrogen and oxygen atoms in total. The Balaban J connectivity index is 1.95. The molecule has 0 aromatic heterocycles. The molecule has 1 N–H and O–H groups in total. The van der Waals surface area contributed by atoms with Crippen LogP contribution in [0.4, 0.5) is 0 Å². The number of rotatable bonds is 9. The Morgan fingerprint density at radius 2 is 1.89 bits per heavy atom. The summed E-state index contributed by atoms with van der Waals surface area (Å²) in [4.78, 5) is 22.9. The normalized spacial score (nSPS) is 19.2. The van der Waals surface area contributed by atoms with E-state index in [9.17, 15) is 9.59 Å². The molecular formula is C14H25NO2S. The van der Waals surface area contributed by atoms with Crippen molar-refractivity contribution in [1.29, 1.82) is 0 Å². The average molecular weight is 271 g/mol. The molecule has 18 heavy (non-hydrogen) atoms. The van der Waals surface area contributed by atoms with Crippen molar-refractivity contribution in [3.63, 3.8) is 0 Å². The Bertz CT molecular complexity index is 269. The summed E-state index contributed by atoms with van der Waals surface area (Å²) >= 11 is 1.33. The first-order chi connectivity index (χ1) is 8.74. The first-order valence-electron chi connectivity index (χ1n) is 7.20. The van der Waals surface area contributed by atoms with Crippen molar-refractivity contribution in [3.05, 3.63) is 0 Å². The van der Waals surface area contributed by atoms with Crippen LogP contribution in [0, 0.1) is 0 Å². The van der Waals surface area contributed by atoms with Crippen LogP contribution in [0.2, 0.25) is 0 Å². The molecule has 1 fully saturated rings. The van der Waals surface area contributed by atoms with E-state index in [-0.39, 0.29) is 17.1 Å². The second-order valence-electron chi connectivity index (χ2n) is 4.95. The molecule has 104 valence electrons. The molecule has 0 aliphatic carbocycles. The van der Waals surface area contributed by atoms with Gasteiger partial charge in [-0.3, -0.25) is 9.59 Å². The smallest absolute Gasteiger partial charge is 0.220 e. The number of nitrogens with one attached hydrogen (secondary N) is 1. The van der Waals surface area contributed by atoms with Gasteiger partial charge in [-0.1, -0.05) is 57.2 Å². The molecule has 4 heteroatoms. The SMILES string of the molecule is CCCCCCCCCC(=O)N[C@H]1CCSC1=O. The van der Waals surface area contributed by atoms with Crippen molar-refractivity contribution >= 4 is 22.8 Å². The monoisotopic (exact) mass is 271 g/mol. The van der Waals surface area contributed by atoms with Crippen LogP contribution < -0.4 is 5.32 Å². The van der Waals surface area contributed by atoms with E-state index in [1.807, 2.05) is 0 Å². The molecule has 1 aliphatic rings. The molecule has 0 aromatic carbocycles. The number of carbonyl (C=O) groups excluding carboxylic acids is 2. The molecule has 0 aromatic rings. The van der Waals surface area contributed by atoms with Crippen molar-refractivity contribution in [3.8, 4) is 0 Å².